The molecule has 8 heteroatoms. The Labute approximate surface area is 104 Å². The Balaban J connectivity index is 2.45. The Morgan fingerprint density at radius 1 is 1.44 bits per heavy atom. The van der Waals surface area contributed by atoms with Crippen molar-refractivity contribution < 1.29 is 14.0 Å². The summed E-state index contributed by atoms with van der Waals surface area (Å²) in [5.41, 5.74) is 3.77. The molecule has 18 heavy (non-hydrogen) atoms. The van der Waals surface area contributed by atoms with Crippen LogP contribution >= 0.6 is 7.60 Å². The van der Waals surface area contributed by atoms with Crippen LogP contribution in [0.3, 0.4) is 0 Å². The SMILES string of the molecule is CCC(C)OP(=O)(O)CCNc1c(N)c(=O)c1=O. The first-order valence-corrected chi connectivity index (χ1v) is 7.37. The maximum Gasteiger partial charge on any atom is 0.330 e. The summed E-state index contributed by atoms with van der Waals surface area (Å²) in [6, 6.07) is 0. The molecule has 1 aromatic carbocycles. The van der Waals surface area contributed by atoms with E-state index in [0.29, 0.717) is 6.42 Å². The fourth-order valence-corrected chi connectivity index (χ4v) is 2.53. The van der Waals surface area contributed by atoms with Gasteiger partial charge in [0.1, 0.15) is 11.4 Å². The molecule has 2 atom stereocenters. The van der Waals surface area contributed by atoms with Crippen molar-refractivity contribution in [1.82, 2.24) is 0 Å². The molecule has 1 aromatic rings. The van der Waals surface area contributed by atoms with E-state index in [1.165, 1.54) is 0 Å². The van der Waals surface area contributed by atoms with Crippen LogP contribution in [0.15, 0.2) is 9.59 Å². The number of nitrogens with two attached hydrogens (primary N) is 1. The highest BCUT2D eigenvalue weighted by atomic mass is 31.2. The number of nitrogens with one attached hydrogen (secondary N) is 1. The van der Waals surface area contributed by atoms with E-state index in [2.05, 4.69) is 5.32 Å². The topological polar surface area (TPSA) is 119 Å². The fourth-order valence-electron chi connectivity index (χ4n) is 1.32. The highest BCUT2D eigenvalue weighted by Crippen LogP contribution is 2.43. The molecule has 0 radical (unpaired) electrons. The van der Waals surface area contributed by atoms with Crippen LogP contribution in [0.25, 0.3) is 0 Å². The van der Waals surface area contributed by atoms with E-state index in [9.17, 15) is 19.0 Å². The van der Waals surface area contributed by atoms with Gasteiger partial charge in [0.05, 0.1) is 12.3 Å². The number of anilines is 2. The van der Waals surface area contributed by atoms with E-state index in [0.717, 1.165) is 0 Å². The van der Waals surface area contributed by atoms with Crippen molar-refractivity contribution in [3.63, 3.8) is 0 Å². The fraction of sp³-hybridized carbons (Fsp3) is 0.600. The van der Waals surface area contributed by atoms with Gasteiger partial charge in [-0.3, -0.25) is 14.2 Å². The predicted molar refractivity (Wildman–Crippen MR) is 69.8 cm³/mol. The lowest BCUT2D eigenvalue weighted by Gasteiger charge is -2.17. The van der Waals surface area contributed by atoms with Crippen LogP contribution < -0.4 is 21.9 Å². The van der Waals surface area contributed by atoms with Crippen molar-refractivity contribution in [2.75, 3.05) is 23.8 Å². The minimum atomic E-state index is -3.68. The monoisotopic (exact) mass is 276 g/mol. The summed E-state index contributed by atoms with van der Waals surface area (Å²) in [5, 5.41) is 2.57. The lowest BCUT2D eigenvalue weighted by molar-refractivity contribution is 0.186. The minimum Gasteiger partial charge on any atom is -0.394 e. The highest BCUT2D eigenvalue weighted by Gasteiger charge is 2.23. The molecule has 102 valence electrons. The van der Waals surface area contributed by atoms with Crippen molar-refractivity contribution in [3.8, 4) is 0 Å². The van der Waals surface area contributed by atoms with Gasteiger partial charge in [-0.2, -0.15) is 0 Å². The smallest absolute Gasteiger partial charge is 0.330 e. The van der Waals surface area contributed by atoms with Gasteiger partial charge in [0.15, 0.2) is 0 Å². The maximum absolute atomic E-state index is 11.6. The van der Waals surface area contributed by atoms with Crippen molar-refractivity contribution in [2.45, 2.75) is 26.4 Å². The maximum atomic E-state index is 11.6. The van der Waals surface area contributed by atoms with Gasteiger partial charge >= 0.3 is 7.60 Å². The minimum absolute atomic E-state index is 0.0172. The first-order valence-electron chi connectivity index (χ1n) is 5.61. The van der Waals surface area contributed by atoms with E-state index in [4.69, 9.17) is 10.3 Å². The van der Waals surface area contributed by atoms with Gasteiger partial charge in [-0.1, -0.05) is 6.92 Å². The number of nitrogen functional groups attached to an aromatic ring is 1. The van der Waals surface area contributed by atoms with Crippen LogP contribution in [0.2, 0.25) is 0 Å². The molecule has 4 N–H and O–H groups in total. The van der Waals surface area contributed by atoms with Crippen molar-refractivity contribution in [3.05, 3.63) is 20.4 Å². The first-order chi connectivity index (χ1) is 8.28. The molecule has 1 rings (SSSR count). The normalized spacial score (nSPS) is 16.4. The van der Waals surface area contributed by atoms with Gasteiger partial charge in [0.25, 0.3) is 10.9 Å². The van der Waals surface area contributed by atoms with Crippen molar-refractivity contribution in [1.29, 1.82) is 0 Å². The molecule has 0 fully saturated rings. The van der Waals surface area contributed by atoms with E-state index >= 15 is 0 Å². The summed E-state index contributed by atoms with van der Waals surface area (Å²) < 4.78 is 16.6. The van der Waals surface area contributed by atoms with Gasteiger partial charge in [-0.25, -0.2) is 0 Å². The van der Waals surface area contributed by atoms with E-state index < -0.39 is 18.5 Å². The molecule has 0 bridgehead atoms. The lowest BCUT2D eigenvalue weighted by Crippen LogP contribution is -2.37. The number of rotatable bonds is 7. The molecule has 0 amide bonds. The average molecular weight is 276 g/mol. The Bertz CT molecular complexity index is 534. The van der Waals surface area contributed by atoms with E-state index in [1.807, 2.05) is 6.92 Å². The zero-order chi connectivity index (χ0) is 13.9. The predicted octanol–water partition coefficient (Wildman–Crippen LogP) is 0.277. The highest BCUT2D eigenvalue weighted by molar-refractivity contribution is 7.52. The molecule has 0 spiro atoms. The largest absolute Gasteiger partial charge is 0.394 e. The third-order valence-electron chi connectivity index (χ3n) is 2.56. The van der Waals surface area contributed by atoms with Crippen LogP contribution in [-0.2, 0) is 9.09 Å². The Hall–Kier alpha value is -1.17. The number of hydrogen-bond donors (Lipinski definition) is 3. The summed E-state index contributed by atoms with van der Waals surface area (Å²) in [7, 11) is -3.68. The molecule has 0 aliphatic heterocycles. The zero-order valence-corrected chi connectivity index (χ0v) is 11.2. The molecule has 0 saturated carbocycles. The average Bonchev–Trinajstić information content (AvgIpc) is 2.32. The second kappa shape index (κ2) is 5.65. The summed E-state index contributed by atoms with van der Waals surface area (Å²) in [4.78, 5) is 31.4. The van der Waals surface area contributed by atoms with Crippen LogP contribution in [0.1, 0.15) is 20.3 Å². The van der Waals surface area contributed by atoms with Crippen LogP contribution in [-0.4, -0.2) is 23.7 Å². The van der Waals surface area contributed by atoms with Gasteiger partial charge in [-0.05, 0) is 13.3 Å². The second-order valence-electron chi connectivity index (χ2n) is 4.06. The Morgan fingerprint density at radius 2 is 2.06 bits per heavy atom. The van der Waals surface area contributed by atoms with E-state index in [-0.39, 0.29) is 30.2 Å². The summed E-state index contributed by atoms with van der Waals surface area (Å²) in [6.07, 6.45) is 0.163. The second-order valence-corrected chi connectivity index (χ2v) is 5.99. The standard InChI is InChI=1S/C10H17N2O5P/c1-3-6(2)17-18(15,16)5-4-12-8-7(11)9(13)10(8)14/h6,12H,3-5,11H2,1-2H3,(H,15,16). The quantitative estimate of drug-likeness (QED) is 0.483. The molecule has 0 aliphatic carbocycles. The molecular formula is C10H17N2O5P. The van der Waals surface area contributed by atoms with Gasteiger partial charge in [0.2, 0.25) is 0 Å². The van der Waals surface area contributed by atoms with Crippen LogP contribution in [0.4, 0.5) is 11.4 Å². The number of hydrogen-bond acceptors (Lipinski definition) is 6. The summed E-state index contributed by atoms with van der Waals surface area (Å²) in [6.45, 7) is 3.58. The van der Waals surface area contributed by atoms with Crippen LogP contribution in [0.5, 0.6) is 0 Å². The molecule has 7 nitrogen and oxygen atoms in total. The van der Waals surface area contributed by atoms with Gasteiger partial charge < -0.3 is 20.5 Å². The van der Waals surface area contributed by atoms with Crippen LogP contribution in [0, 0.1) is 0 Å². The van der Waals surface area contributed by atoms with Crippen molar-refractivity contribution >= 4 is 19.0 Å². The van der Waals surface area contributed by atoms with E-state index in [1.54, 1.807) is 6.92 Å². The molecular weight excluding hydrogens is 259 g/mol. The van der Waals surface area contributed by atoms with Gasteiger partial charge in [-0.15, -0.1) is 0 Å². The molecule has 2 unspecified atom stereocenters. The zero-order valence-electron chi connectivity index (χ0n) is 10.3. The van der Waals surface area contributed by atoms with Gasteiger partial charge in [0, 0.05) is 6.54 Å². The molecule has 0 aliphatic rings. The molecule has 0 saturated heterocycles. The summed E-state index contributed by atoms with van der Waals surface area (Å²) in [5.74, 6) is 0. The molecule has 0 heterocycles. The Kier molecular flexibility index (Phi) is 4.67. The third-order valence-corrected chi connectivity index (χ3v) is 4.04. The molecule has 0 aromatic heterocycles. The Morgan fingerprint density at radius 3 is 2.56 bits per heavy atom. The third kappa shape index (κ3) is 3.41. The van der Waals surface area contributed by atoms with Crippen molar-refractivity contribution in [2.24, 2.45) is 0 Å². The summed E-state index contributed by atoms with van der Waals surface area (Å²) >= 11 is 0. The lowest BCUT2D eigenvalue weighted by atomic mass is 10.2. The first kappa shape index (κ1) is 14.9.